The monoisotopic (exact) mass is 309 g/mol. The highest BCUT2D eigenvalue weighted by atomic mass is 16.6. The molecule has 0 aromatic carbocycles. The van der Waals surface area contributed by atoms with Gasteiger partial charge in [-0.05, 0) is 0 Å². The largest absolute Gasteiger partial charge is 0.394 e. The quantitative estimate of drug-likeness (QED) is 0.499. The Labute approximate surface area is 124 Å². The van der Waals surface area contributed by atoms with Crippen LogP contribution in [0.2, 0.25) is 0 Å². The first-order valence-corrected chi connectivity index (χ1v) is 6.93. The van der Waals surface area contributed by atoms with E-state index in [1.807, 2.05) is 0 Å². The lowest BCUT2D eigenvalue weighted by molar-refractivity contribution is -0.222. The summed E-state index contributed by atoms with van der Waals surface area (Å²) in [5, 5.41) is 19.7. The van der Waals surface area contributed by atoms with Crippen LogP contribution in [0, 0.1) is 0 Å². The highest BCUT2D eigenvalue weighted by Crippen LogP contribution is 2.44. The minimum atomic E-state index is -0.977. The number of nitrogens with two attached hydrogens (primary N) is 1. The van der Waals surface area contributed by atoms with Crippen LogP contribution in [-0.4, -0.2) is 82.4 Å². The van der Waals surface area contributed by atoms with Crippen LogP contribution in [0.5, 0.6) is 0 Å². The topological polar surface area (TPSA) is 142 Å². The molecule has 0 aromatic heterocycles. The fraction of sp³-hybridized carbons (Fsp3) is 0.667. The van der Waals surface area contributed by atoms with Gasteiger partial charge in [0.1, 0.15) is 17.8 Å². The van der Waals surface area contributed by atoms with Gasteiger partial charge in [0.2, 0.25) is 5.96 Å². The van der Waals surface area contributed by atoms with Gasteiger partial charge in [0.25, 0.3) is 5.91 Å². The zero-order chi connectivity index (χ0) is 15.5. The van der Waals surface area contributed by atoms with E-state index in [4.69, 9.17) is 15.2 Å². The van der Waals surface area contributed by atoms with E-state index in [-0.39, 0.29) is 12.6 Å². The molecule has 2 fully saturated rings. The number of fused-ring (bicyclic) bond motifs is 1. The number of carbonyl (C=O) groups is 1. The fourth-order valence-electron chi connectivity index (χ4n) is 3.22. The van der Waals surface area contributed by atoms with Crippen molar-refractivity contribution < 1.29 is 24.5 Å². The van der Waals surface area contributed by atoms with Gasteiger partial charge in [-0.15, -0.1) is 0 Å². The number of guanidine groups is 1. The molecule has 4 heterocycles. The molecule has 4 aliphatic heterocycles. The Bertz CT molecular complexity index is 613. The molecule has 2 saturated heterocycles. The zero-order valence-electron chi connectivity index (χ0n) is 11.5. The highest BCUT2D eigenvalue weighted by Gasteiger charge is 2.64. The Balaban J connectivity index is 1.69. The van der Waals surface area contributed by atoms with Crippen LogP contribution in [0.15, 0.2) is 15.0 Å². The minimum absolute atomic E-state index is 0.146. The first-order chi connectivity index (χ1) is 10.6. The molecule has 4 rings (SSSR count). The molecule has 0 aromatic rings. The van der Waals surface area contributed by atoms with Crippen molar-refractivity contribution in [3.8, 4) is 0 Å². The van der Waals surface area contributed by atoms with Crippen molar-refractivity contribution >= 4 is 24.0 Å². The lowest BCUT2D eigenvalue weighted by atomic mass is 9.86. The summed E-state index contributed by atoms with van der Waals surface area (Å²) in [7, 11) is 0. The normalized spacial score (nSPS) is 43.2. The number of hydrogen-bond acceptors (Lipinski definition) is 9. The van der Waals surface area contributed by atoms with Gasteiger partial charge in [-0.25, -0.2) is 0 Å². The summed E-state index contributed by atoms with van der Waals surface area (Å²) >= 11 is 0. The maximum Gasteiger partial charge on any atom is 0.281 e. The van der Waals surface area contributed by atoms with Crippen LogP contribution in [-0.2, 0) is 14.3 Å². The van der Waals surface area contributed by atoms with Crippen molar-refractivity contribution in [3.05, 3.63) is 0 Å². The van der Waals surface area contributed by atoms with Crippen LogP contribution in [0.25, 0.3) is 0 Å². The molecule has 22 heavy (non-hydrogen) atoms. The predicted molar refractivity (Wildman–Crippen MR) is 73.2 cm³/mol. The molecule has 0 bridgehead atoms. The summed E-state index contributed by atoms with van der Waals surface area (Å²) in [5.41, 5.74) is 4.57. The van der Waals surface area contributed by atoms with Gasteiger partial charge in [-0.2, -0.15) is 9.98 Å². The molecule has 10 nitrogen and oxygen atoms in total. The van der Waals surface area contributed by atoms with Crippen LogP contribution in [0.4, 0.5) is 0 Å². The van der Waals surface area contributed by atoms with Crippen LogP contribution < -0.4 is 5.73 Å². The van der Waals surface area contributed by atoms with Gasteiger partial charge in [0.15, 0.2) is 18.1 Å². The van der Waals surface area contributed by atoms with Crippen molar-refractivity contribution in [2.24, 2.45) is 20.7 Å². The summed E-state index contributed by atoms with van der Waals surface area (Å²) in [4.78, 5) is 25.1. The average molecular weight is 309 g/mol. The van der Waals surface area contributed by atoms with E-state index in [0.29, 0.717) is 18.9 Å². The van der Waals surface area contributed by atoms with E-state index < -0.39 is 36.0 Å². The smallest absolute Gasteiger partial charge is 0.281 e. The third-order valence-corrected chi connectivity index (χ3v) is 4.41. The molecule has 5 atom stereocenters. The summed E-state index contributed by atoms with van der Waals surface area (Å²) in [6.07, 6.45) is -0.511. The molecule has 3 unspecified atom stereocenters. The van der Waals surface area contributed by atoms with Crippen LogP contribution in [0.3, 0.4) is 0 Å². The molecular weight excluding hydrogens is 294 g/mol. The molecule has 1 spiro atoms. The Morgan fingerprint density at radius 3 is 2.91 bits per heavy atom. The number of aliphatic hydroxyl groups is 2. The Morgan fingerprint density at radius 2 is 2.27 bits per heavy atom. The number of hydrogen-bond donors (Lipinski definition) is 3. The standard InChI is InChI=1S/C12H15N5O5/c13-11-15-8-6(9(20)16-11)14-4-17(8)10-12(1-2-21-12)7(19)5(3-18)22-10/h4-7,10,18-19H,1-3H2,(H2,13,16,20)/t5?,6?,7-,10?,12-/m1/s1. The number of carbonyl (C=O) groups excluding carboxylic acids is 1. The van der Waals surface area contributed by atoms with Gasteiger partial charge in [0, 0.05) is 6.42 Å². The second-order valence-electron chi connectivity index (χ2n) is 5.56. The summed E-state index contributed by atoms with van der Waals surface area (Å²) < 4.78 is 11.3. The SMILES string of the molecule is NC1=NC(=O)C2N=CN(C3OC(CO)[C@@H](O)[C@]34CCO4)C2=N1. The second-order valence-corrected chi connectivity index (χ2v) is 5.56. The molecule has 1 amide bonds. The second kappa shape index (κ2) is 4.56. The number of amides is 1. The van der Waals surface area contributed by atoms with E-state index >= 15 is 0 Å². The molecule has 10 heteroatoms. The van der Waals surface area contributed by atoms with Crippen LogP contribution >= 0.6 is 0 Å². The van der Waals surface area contributed by atoms with E-state index in [1.54, 1.807) is 0 Å². The van der Waals surface area contributed by atoms with Crippen molar-refractivity contribution in [2.75, 3.05) is 13.2 Å². The lowest BCUT2D eigenvalue weighted by Crippen LogP contribution is -2.63. The summed E-state index contributed by atoms with van der Waals surface area (Å²) in [6, 6.07) is -0.849. The van der Waals surface area contributed by atoms with Gasteiger partial charge in [-0.1, -0.05) is 0 Å². The summed E-state index contributed by atoms with van der Waals surface area (Å²) in [5.74, 6) is -0.349. The molecule has 4 aliphatic rings. The molecule has 0 aliphatic carbocycles. The van der Waals surface area contributed by atoms with Crippen molar-refractivity contribution in [1.82, 2.24) is 4.90 Å². The molecule has 0 radical (unpaired) electrons. The Morgan fingerprint density at radius 1 is 1.50 bits per heavy atom. The number of aliphatic imine (C=N–C) groups is 3. The van der Waals surface area contributed by atoms with Crippen molar-refractivity contribution in [1.29, 1.82) is 0 Å². The van der Waals surface area contributed by atoms with Gasteiger partial charge in [0.05, 0.1) is 19.6 Å². The molecule has 4 N–H and O–H groups in total. The first kappa shape index (κ1) is 13.8. The van der Waals surface area contributed by atoms with Crippen molar-refractivity contribution in [3.63, 3.8) is 0 Å². The maximum absolute atomic E-state index is 11.8. The Kier molecular flexibility index (Phi) is 2.85. The third-order valence-electron chi connectivity index (χ3n) is 4.41. The third kappa shape index (κ3) is 1.63. The van der Waals surface area contributed by atoms with Crippen LogP contribution in [0.1, 0.15) is 6.42 Å². The van der Waals surface area contributed by atoms with E-state index in [1.165, 1.54) is 11.2 Å². The van der Waals surface area contributed by atoms with E-state index in [0.717, 1.165) is 0 Å². The zero-order valence-corrected chi connectivity index (χ0v) is 11.5. The maximum atomic E-state index is 11.8. The van der Waals surface area contributed by atoms with Gasteiger partial charge >= 0.3 is 0 Å². The van der Waals surface area contributed by atoms with Gasteiger partial charge in [-0.3, -0.25) is 14.7 Å². The first-order valence-electron chi connectivity index (χ1n) is 6.93. The molecule has 118 valence electrons. The summed E-state index contributed by atoms with van der Waals surface area (Å²) in [6.45, 7) is 0.144. The predicted octanol–water partition coefficient (Wildman–Crippen LogP) is -2.81. The number of ether oxygens (including phenoxy) is 2. The number of nitrogens with zero attached hydrogens (tertiary/aromatic N) is 4. The van der Waals surface area contributed by atoms with E-state index in [2.05, 4.69) is 15.0 Å². The average Bonchev–Trinajstić information content (AvgIpc) is 2.96. The Hall–Kier alpha value is -1.88. The number of amidine groups is 1. The van der Waals surface area contributed by atoms with E-state index in [9.17, 15) is 15.0 Å². The molecular formula is C12H15N5O5. The number of rotatable bonds is 2. The fourth-order valence-corrected chi connectivity index (χ4v) is 3.22. The highest BCUT2D eigenvalue weighted by molar-refractivity contribution is 6.21. The van der Waals surface area contributed by atoms with Crippen molar-refractivity contribution in [2.45, 2.75) is 36.5 Å². The lowest BCUT2D eigenvalue weighted by Gasteiger charge is -2.46. The minimum Gasteiger partial charge on any atom is -0.394 e. The molecule has 0 saturated carbocycles. The number of aliphatic hydroxyl groups excluding tert-OH is 2. The van der Waals surface area contributed by atoms with Gasteiger partial charge < -0.3 is 25.4 Å².